The van der Waals surface area contributed by atoms with Gasteiger partial charge in [0, 0.05) is 0 Å². The second-order valence-corrected chi connectivity index (χ2v) is 5.62. The first kappa shape index (κ1) is 13.9. The Bertz CT molecular complexity index is 616. The summed E-state index contributed by atoms with van der Waals surface area (Å²) in [4.78, 5) is 0. The lowest BCUT2D eigenvalue weighted by Crippen LogP contribution is -2.13. The van der Waals surface area contributed by atoms with E-state index >= 15 is 0 Å². The number of aliphatic hydroxyl groups excluding tert-OH is 1. The van der Waals surface area contributed by atoms with Gasteiger partial charge in [0.2, 0.25) is 0 Å². The predicted octanol–water partition coefficient (Wildman–Crippen LogP) is 4.13. The number of aliphatic hydroxyl groups is 1. The molecular formula is C19H20O2. The minimum atomic E-state index is -0.161. The average Bonchev–Trinajstić information content (AvgIpc) is 2.52. The van der Waals surface area contributed by atoms with E-state index in [-0.39, 0.29) is 11.9 Å². The Balaban J connectivity index is 2.07. The molecule has 0 saturated heterocycles. The molecule has 1 aliphatic carbocycles. The van der Waals surface area contributed by atoms with Gasteiger partial charge in [0.15, 0.2) is 0 Å². The zero-order valence-electron chi connectivity index (χ0n) is 12.0. The zero-order chi connectivity index (χ0) is 14.7. The van der Waals surface area contributed by atoms with Crippen LogP contribution in [-0.2, 0) is 0 Å². The number of phenolic OH excluding ortho intramolecular Hbond substituents is 1. The normalized spacial score (nSPS) is 18.5. The third kappa shape index (κ3) is 3.17. The van der Waals surface area contributed by atoms with Crippen molar-refractivity contribution >= 4 is 5.57 Å². The molecule has 2 N–H and O–H groups in total. The largest absolute Gasteiger partial charge is 0.508 e. The lowest BCUT2D eigenvalue weighted by molar-refractivity contribution is 0.144. The summed E-state index contributed by atoms with van der Waals surface area (Å²) in [7, 11) is 0. The number of hydrogen-bond donors (Lipinski definition) is 2. The summed E-state index contributed by atoms with van der Waals surface area (Å²) in [6.45, 7) is 0. The van der Waals surface area contributed by atoms with E-state index < -0.39 is 0 Å². The smallest absolute Gasteiger partial charge is 0.115 e. The Morgan fingerprint density at radius 2 is 1.38 bits per heavy atom. The molecule has 0 spiro atoms. The summed E-state index contributed by atoms with van der Waals surface area (Å²) < 4.78 is 0. The van der Waals surface area contributed by atoms with E-state index in [2.05, 4.69) is 12.1 Å². The SMILES string of the molecule is Oc1ccc(C(=C2CCC(O)CC2)c2ccccc2)cc1. The quantitative estimate of drug-likeness (QED) is 0.868. The highest BCUT2D eigenvalue weighted by atomic mass is 16.3. The molecule has 0 atom stereocenters. The van der Waals surface area contributed by atoms with Crippen LogP contribution in [0.25, 0.3) is 5.57 Å². The van der Waals surface area contributed by atoms with E-state index in [1.807, 2.05) is 30.3 Å². The van der Waals surface area contributed by atoms with E-state index in [4.69, 9.17) is 0 Å². The highest BCUT2D eigenvalue weighted by Gasteiger charge is 2.18. The predicted molar refractivity (Wildman–Crippen MR) is 85.0 cm³/mol. The third-order valence-corrected chi connectivity index (χ3v) is 4.13. The monoisotopic (exact) mass is 280 g/mol. The number of hydrogen-bond acceptors (Lipinski definition) is 2. The standard InChI is InChI=1S/C19H20O2/c20-17-10-6-15(7-11-17)19(14-4-2-1-3-5-14)16-8-12-18(21)13-9-16/h1-7,10-11,18,20-21H,8-9,12-13H2. The molecule has 0 bridgehead atoms. The molecule has 2 nitrogen and oxygen atoms in total. The van der Waals surface area contributed by atoms with Gasteiger partial charge in [-0.25, -0.2) is 0 Å². The number of allylic oxidation sites excluding steroid dienone is 1. The summed E-state index contributed by atoms with van der Waals surface area (Å²) >= 11 is 0. The molecule has 108 valence electrons. The Morgan fingerprint density at radius 3 is 2.00 bits per heavy atom. The van der Waals surface area contributed by atoms with E-state index in [0.29, 0.717) is 0 Å². The third-order valence-electron chi connectivity index (χ3n) is 4.13. The van der Waals surface area contributed by atoms with Crippen LogP contribution in [0.4, 0.5) is 0 Å². The van der Waals surface area contributed by atoms with Gasteiger partial charge < -0.3 is 10.2 Å². The number of benzene rings is 2. The highest BCUT2D eigenvalue weighted by Crippen LogP contribution is 2.35. The molecule has 1 saturated carbocycles. The Morgan fingerprint density at radius 1 is 0.810 bits per heavy atom. The lowest BCUT2D eigenvalue weighted by atomic mass is 9.84. The minimum Gasteiger partial charge on any atom is -0.508 e. The molecule has 21 heavy (non-hydrogen) atoms. The summed E-state index contributed by atoms with van der Waals surface area (Å²) in [6.07, 6.45) is 3.39. The fourth-order valence-corrected chi connectivity index (χ4v) is 3.01. The van der Waals surface area contributed by atoms with Crippen molar-refractivity contribution in [3.63, 3.8) is 0 Å². The van der Waals surface area contributed by atoms with Crippen molar-refractivity contribution in [1.29, 1.82) is 0 Å². The van der Waals surface area contributed by atoms with Crippen molar-refractivity contribution < 1.29 is 10.2 Å². The molecule has 1 aliphatic rings. The van der Waals surface area contributed by atoms with Crippen molar-refractivity contribution in [2.24, 2.45) is 0 Å². The Kier molecular flexibility index (Phi) is 4.07. The van der Waals surface area contributed by atoms with Crippen LogP contribution in [0.5, 0.6) is 5.75 Å². The van der Waals surface area contributed by atoms with Crippen LogP contribution in [0.3, 0.4) is 0 Å². The molecule has 0 radical (unpaired) electrons. The molecule has 1 fully saturated rings. The van der Waals surface area contributed by atoms with E-state index in [9.17, 15) is 10.2 Å². The molecule has 2 aromatic carbocycles. The summed E-state index contributed by atoms with van der Waals surface area (Å²) in [5.74, 6) is 0.287. The second kappa shape index (κ2) is 6.15. The van der Waals surface area contributed by atoms with Crippen LogP contribution < -0.4 is 0 Å². The highest BCUT2D eigenvalue weighted by molar-refractivity contribution is 5.82. The van der Waals surface area contributed by atoms with Gasteiger partial charge >= 0.3 is 0 Å². The molecule has 0 unspecified atom stereocenters. The first-order valence-electron chi connectivity index (χ1n) is 7.49. The fraction of sp³-hybridized carbons (Fsp3) is 0.263. The van der Waals surface area contributed by atoms with E-state index in [1.54, 1.807) is 12.1 Å². The summed E-state index contributed by atoms with van der Waals surface area (Å²) in [6, 6.07) is 17.8. The molecule has 0 aliphatic heterocycles. The van der Waals surface area contributed by atoms with Crippen molar-refractivity contribution in [3.8, 4) is 5.75 Å². The van der Waals surface area contributed by atoms with Crippen LogP contribution in [-0.4, -0.2) is 16.3 Å². The van der Waals surface area contributed by atoms with Gasteiger partial charge in [0.05, 0.1) is 6.10 Å². The molecular weight excluding hydrogens is 260 g/mol. The van der Waals surface area contributed by atoms with Gasteiger partial charge in [-0.15, -0.1) is 0 Å². The minimum absolute atomic E-state index is 0.161. The van der Waals surface area contributed by atoms with E-state index in [0.717, 1.165) is 31.2 Å². The lowest BCUT2D eigenvalue weighted by Gasteiger charge is -2.23. The first-order chi connectivity index (χ1) is 10.2. The van der Waals surface area contributed by atoms with Gasteiger partial charge in [-0.3, -0.25) is 0 Å². The first-order valence-corrected chi connectivity index (χ1v) is 7.49. The van der Waals surface area contributed by atoms with Gasteiger partial charge in [-0.05, 0) is 54.5 Å². The second-order valence-electron chi connectivity index (χ2n) is 5.62. The average molecular weight is 280 g/mol. The van der Waals surface area contributed by atoms with Gasteiger partial charge in [-0.1, -0.05) is 48.0 Å². The maximum atomic E-state index is 9.73. The van der Waals surface area contributed by atoms with Gasteiger partial charge in [0.25, 0.3) is 0 Å². The number of aromatic hydroxyl groups is 1. The zero-order valence-corrected chi connectivity index (χ0v) is 12.0. The molecule has 0 heterocycles. The van der Waals surface area contributed by atoms with Crippen LogP contribution in [0.15, 0.2) is 60.2 Å². The van der Waals surface area contributed by atoms with Crippen molar-refractivity contribution in [3.05, 3.63) is 71.3 Å². The van der Waals surface area contributed by atoms with Crippen molar-refractivity contribution in [1.82, 2.24) is 0 Å². The molecule has 2 aromatic rings. The van der Waals surface area contributed by atoms with Gasteiger partial charge in [-0.2, -0.15) is 0 Å². The molecule has 0 amide bonds. The molecule has 2 heteroatoms. The van der Waals surface area contributed by atoms with Crippen LogP contribution in [0, 0.1) is 0 Å². The fourth-order valence-electron chi connectivity index (χ4n) is 3.01. The maximum Gasteiger partial charge on any atom is 0.115 e. The molecule has 0 aromatic heterocycles. The van der Waals surface area contributed by atoms with Crippen LogP contribution in [0.2, 0.25) is 0 Å². The Labute approximate surface area is 125 Å². The van der Waals surface area contributed by atoms with Crippen LogP contribution in [0.1, 0.15) is 36.8 Å². The van der Waals surface area contributed by atoms with Crippen LogP contribution >= 0.6 is 0 Å². The number of phenols is 1. The Hall–Kier alpha value is -2.06. The maximum absolute atomic E-state index is 9.73. The van der Waals surface area contributed by atoms with Gasteiger partial charge in [0.1, 0.15) is 5.75 Å². The topological polar surface area (TPSA) is 40.5 Å². The van der Waals surface area contributed by atoms with Crippen molar-refractivity contribution in [2.45, 2.75) is 31.8 Å². The van der Waals surface area contributed by atoms with Crippen molar-refractivity contribution in [2.75, 3.05) is 0 Å². The van der Waals surface area contributed by atoms with E-state index in [1.165, 1.54) is 16.7 Å². The molecule has 3 rings (SSSR count). The summed E-state index contributed by atoms with van der Waals surface area (Å²) in [5, 5.41) is 19.2. The summed E-state index contributed by atoms with van der Waals surface area (Å²) in [5.41, 5.74) is 4.99. The number of rotatable bonds is 2.